The molecule has 20 heavy (non-hydrogen) atoms. The molecule has 0 N–H and O–H groups in total. The molecule has 0 aromatic heterocycles. The van der Waals surface area contributed by atoms with Gasteiger partial charge < -0.3 is 0 Å². The summed E-state index contributed by atoms with van der Waals surface area (Å²) in [5.74, 6) is 2.74. The van der Waals surface area contributed by atoms with E-state index in [1.165, 1.54) is 23.0 Å². The molecule has 0 bridgehead atoms. The van der Waals surface area contributed by atoms with Gasteiger partial charge in [0.2, 0.25) is 0 Å². The first kappa shape index (κ1) is 23.7. The molecule has 0 aliphatic rings. The smallest absolute Gasteiger partial charge is 0.189 e. The molecule has 0 radical (unpaired) electrons. The van der Waals surface area contributed by atoms with E-state index in [0.29, 0.717) is 0 Å². The summed E-state index contributed by atoms with van der Waals surface area (Å²) in [5.41, 5.74) is 2.66. The normalized spacial score (nSPS) is 8.20. The molecule has 0 atom stereocenters. The maximum atomic E-state index is 2.12. The summed E-state index contributed by atoms with van der Waals surface area (Å²) in [5, 5.41) is 0. The van der Waals surface area contributed by atoms with Crippen LogP contribution in [0.5, 0.6) is 0 Å². The van der Waals surface area contributed by atoms with Crippen LogP contribution in [0.25, 0.3) is 0 Å². The van der Waals surface area contributed by atoms with Crippen LogP contribution in [0, 0.1) is 11.8 Å². The van der Waals surface area contributed by atoms with Gasteiger partial charge in [-0.15, -0.1) is 24.3 Å². The predicted octanol–water partition coefficient (Wildman–Crippen LogP) is -0.694. The van der Waals surface area contributed by atoms with Gasteiger partial charge in [0.1, 0.15) is 0 Å². The van der Waals surface area contributed by atoms with Gasteiger partial charge in [0, 0.05) is 0 Å². The summed E-state index contributed by atoms with van der Waals surface area (Å²) >= 11 is 0. The van der Waals surface area contributed by atoms with E-state index in [1.807, 2.05) is 12.1 Å². The topological polar surface area (TPSA) is 0 Å². The van der Waals surface area contributed by atoms with E-state index in [4.69, 9.17) is 0 Å². The van der Waals surface area contributed by atoms with E-state index >= 15 is 0 Å². The van der Waals surface area contributed by atoms with E-state index in [-0.39, 0.29) is 103 Å². The van der Waals surface area contributed by atoms with E-state index in [2.05, 4.69) is 76.2 Å². The number of hydrogen-bond acceptors (Lipinski definition) is 0. The van der Waals surface area contributed by atoms with Gasteiger partial charge in [0.05, 0.1) is 0 Å². The molecular formula is C18H22K2. The molecule has 2 aromatic rings. The molecule has 0 aliphatic carbocycles. The molecule has 0 saturated heterocycles. The molecule has 0 nitrogen and oxygen atoms in total. The van der Waals surface area contributed by atoms with E-state index in [9.17, 15) is 0 Å². The van der Waals surface area contributed by atoms with Crippen LogP contribution < -0.4 is 103 Å². The minimum absolute atomic E-state index is 0. The summed E-state index contributed by atoms with van der Waals surface area (Å²) in [6.07, 6.45) is 0. The van der Waals surface area contributed by atoms with Crippen LogP contribution >= 0.6 is 0 Å². The number of hydrogen-bond donors (Lipinski definition) is 0. The minimum Gasteiger partial charge on any atom is -0.189 e. The van der Waals surface area contributed by atoms with Gasteiger partial charge >= 0.3 is 103 Å². The summed E-state index contributed by atoms with van der Waals surface area (Å²) in [6.45, 7) is 8.48. The predicted molar refractivity (Wildman–Crippen MR) is 80.3 cm³/mol. The minimum atomic E-state index is 0. The third kappa shape index (κ3) is 10.2. The number of rotatable bonds is 2. The summed E-state index contributed by atoms with van der Waals surface area (Å²) in [4.78, 5) is 0. The van der Waals surface area contributed by atoms with Crippen LogP contribution in [0.2, 0.25) is 0 Å². The van der Waals surface area contributed by atoms with Crippen LogP contribution in [0.1, 0.15) is 38.8 Å². The fourth-order valence-electron chi connectivity index (χ4n) is 1.54. The van der Waals surface area contributed by atoms with Crippen molar-refractivity contribution in [3.63, 3.8) is 0 Å². The third-order valence-corrected chi connectivity index (χ3v) is 2.70. The van der Waals surface area contributed by atoms with Crippen LogP contribution in [0.15, 0.2) is 60.7 Å². The van der Waals surface area contributed by atoms with E-state index in [0.717, 1.165) is 0 Å². The first-order valence-electron chi connectivity index (χ1n) is 6.32. The van der Waals surface area contributed by atoms with Crippen LogP contribution in [0.4, 0.5) is 0 Å². The molecule has 96 valence electrons. The molecule has 0 unspecified atom stereocenters. The average Bonchev–Trinajstić information content (AvgIpc) is 2.41. The average molecular weight is 317 g/mol. The Morgan fingerprint density at radius 1 is 0.500 bits per heavy atom. The molecule has 0 spiro atoms. The zero-order chi connectivity index (χ0) is 13.4. The zero-order valence-electron chi connectivity index (χ0n) is 13.8. The Balaban J connectivity index is 0. The van der Waals surface area contributed by atoms with Crippen molar-refractivity contribution in [3.8, 4) is 0 Å². The summed E-state index contributed by atoms with van der Waals surface area (Å²) < 4.78 is 0. The second kappa shape index (κ2) is 14.1. The summed E-state index contributed by atoms with van der Waals surface area (Å²) in [7, 11) is 0. The monoisotopic (exact) mass is 316 g/mol. The van der Waals surface area contributed by atoms with Crippen molar-refractivity contribution in [1.82, 2.24) is 0 Å². The van der Waals surface area contributed by atoms with Crippen molar-refractivity contribution in [2.24, 2.45) is 0 Å². The second-order valence-corrected chi connectivity index (χ2v) is 4.73. The summed E-state index contributed by atoms with van der Waals surface area (Å²) in [6, 6.07) is 20.8. The molecular weight excluding hydrogens is 294 g/mol. The third-order valence-electron chi connectivity index (χ3n) is 2.70. The molecule has 0 aliphatic heterocycles. The second-order valence-electron chi connectivity index (χ2n) is 4.73. The first-order chi connectivity index (χ1) is 8.61. The fourth-order valence-corrected chi connectivity index (χ4v) is 1.54. The quantitative estimate of drug-likeness (QED) is 0.508. The maximum absolute atomic E-state index is 2.12. The maximum Gasteiger partial charge on any atom is 1.00 e. The van der Waals surface area contributed by atoms with Crippen molar-refractivity contribution in [1.29, 1.82) is 0 Å². The Morgan fingerprint density at radius 2 is 0.750 bits per heavy atom. The van der Waals surface area contributed by atoms with E-state index < -0.39 is 0 Å². The first-order valence-corrected chi connectivity index (χ1v) is 6.32. The van der Waals surface area contributed by atoms with Crippen LogP contribution in [-0.2, 0) is 0 Å². The van der Waals surface area contributed by atoms with Crippen molar-refractivity contribution >= 4 is 0 Å². The largest absolute Gasteiger partial charge is 1.00 e. The van der Waals surface area contributed by atoms with Gasteiger partial charge in [-0.2, -0.15) is 47.2 Å². The van der Waals surface area contributed by atoms with Gasteiger partial charge in [0.25, 0.3) is 0 Å². The van der Waals surface area contributed by atoms with Crippen LogP contribution in [0.3, 0.4) is 0 Å². The Hall–Kier alpha value is 1.45. The molecule has 2 rings (SSSR count). The fraction of sp³-hybridized carbons (Fsp3) is 0.222. The van der Waals surface area contributed by atoms with Gasteiger partial charge in [-0.3, -0.25) is 0 Å². The van der Waals surface area contributed by atoms with Gasteiger partial charge in [-0.05, 0) is 0 Å². The van der Waals surface area contributed by atoms with Crippen molar-refractivity contribution < 1.29 is 103 Å². The van der Waals surface area contributed by atoms with E-state index in [1.54, 1.807) is 0 Å². The SMILES string of the molecule is C[C-](C)c1ccccc1.C[C-](C)c1ccccc1.[K+].[K+]. The molecule has 0 amide bonds. The molecule has 0 fully saturated rings. The molecule has 2 aromatic carbocycles. The molecule has 2 heteroatoms. The Labute approximate surface area is 210 Å². The van der Waals surface area contributed by atoms with Crippen molar-refractivity contribution in [3.05, 3.63) is 83.6 Å². The molecule has 0 saturated carbocycles. The van der Waals surface area contributed by atoms with Crippen LogP contribution in [-0.4, -0.2) is 0 Å². The number of benzene rings is 2. The van der Waals surface area contributed by atoms with Gasteiger partial charge in [-0.1, -0.05) is 39.8 Å². The Kier molecular flexibility index (Phi) is 16.7. The Morgan fingerprint density at radius 3 is 0.900 bits per heavy atom. The van der Waals surface area contributed by atoms with Crippen molar-refractivity contribution in [2.45, 2.75) is 27.7 Å². The molecule has 0 heterocycles. The van der Waals surface area contributed by atoms with Gasteiger partial charge in [-0.25, -0.2) is 0 Å². The Bertz CT molecular complexity index is 378. The van der Waals surface area contributed by atoms with Crippen molar-refractivity contribution in [2.75, 3.05) is 0 Å². The zero-order valence-corrected chi connectivity index (χ0v) is 20.0. The standard InChI is InChI=1S/2C9H11.2K/c2*1-8(2)9-6-4-3-5-7-9;;/h2*3-7H,1-2H3;;/q2*-1;2*+1. The van der Waals surface area contributed by atoms with Gasteiger partial charge in [0.15, 0.2) is 0 Å².